The summed E-state index contributed by atoms with van der Waals surface area (Å²) >= 11 is 0. The Kier molecular flexibility index (Phi) is 8.87. The zero-order valence-corrected chi connectivity index (χ0v) is 21.5. The molecule has 0 bridgehead atoms. The molecule has 196 valence electrons. The van der Waals surface area contributed by atoms with Gasteiger partial charge in [-0.05, 0) is 56.0 Å². The number of carbonyl (C=O) groups excluding carboxylic acids is 2. The number of rotatable bonds is 11. The third-order valence-electron chi connectivity index (χ3n) is 6.38. The van der Waals surface area contributed by atoms with Gasteiger partial charge in [-0.1, -0.05) is 60.2 Å². The first-order valence-corrected chi connectivity index (χ1v) is 12.8. The van der Waals surface area contributed by atoms with Crippen LogP contribution in [0.4, 0.5) is 5.69 Å². The van der Waals surface area contributed by atoms with Crippen LogP contribution in [0, 0.1) is 6.92 Å². The summed E-state index contributed by atoms with van der Waals surface area (Å²) in [4.78, 5) is 51.4. The minimum atomic E-state index is -0.531. The third kappa shape index (κ3) is 6.85. The van der Waals surface area contributed by atoms with Crippen molar-refractivity contribution >= 4 is 28.4 Å². The largest absolute Gasteiger partial charge is 0.354 e. The topological polar surface area (TPSA) is 102 Å². The molecule has 2 N–H and O–H groups in total. The van der Waals surface area contributed by atoms with Gasteiger partial charge in [0.2, 0.25) is 11.8 Å². The summed E-state index contributed by atoms with van der Waals surface area (Å²) in [6, 6.07) is 24.2. The molecular formula is C30H32N4O4. The van der Waals surface area contributed by atoms with Crippen molar-refractivity contribution in [1.82, 2.24) is 14.5 Å². The van der Waals surface area contributed by atoms with Crippen LogP contribution >= 0.6 is 0 Å². The van der Waals surface area contributed by atoms with Crippen molar-refractivity contribution in [2.75, 3.05) is 11.9 Å². The number of fused-ring (bicyclic) bond motifs is 1. The molecule has 4 rings (SSSR count). The van der Waals surface area contributed by atoms with Crippen LogP contribution in [-0.4, -0.2) is 27.5 Å². The maximum Gasteiger partial charge on any atom is 0.331 e. The van der Waals surface area contributed by atoms with E-state index in [4.69, 9.17) is 0 Å². The summed E-state index contributed by atoms with van der Waals surface area (Å²) in [5.74, 6) is -0.421. The fourth-order valence-corrected chi connectivity index (χ4v) is 4.33. The molecule has 0 aliphatic heterocycles. The van der Waals surface area contributed by atoms with E-state index in [-0.39, 0.29) is 31.3 Å². The number of aromatic nitrogens is 2. The molecular weight excluding hydrogens is 480 g/mol. The van der Waals surface area contributed by atoms with Crippen LogP contribution in [0.2, 0.25) is 0 Å². The van der Waals surface area contributed by atoms with E-state index in [1.165, 1.54) is 4.57 Å². The van der Waals surface area contributed by atoms with Gasteiger partial charge in [0.25, 0.3) is 5.56 Å². The second kappa shape index (κ2) is 12.7. The van der Waals surface area contributed by atoms with E-state index < -0.39 is 11.2 Å². The van der Waals surface area contributed by atoms with Gasteiger partial charge in [0.05, 0.1) is 10.9 Å². The number of aryl methyl sites for hydroxylation is 1. The molecule has 1 aromatic heterocycles. The average Bonchev–Trinajstić information content (AvgIpc) is 2.92. The van der Waals surface area contributed by atoms with Gasteiger partial charge < -0.3 is 10.6 Å². The van der Waals surface area contributed by atoms with Crippen molar-refractivity contribution in [1.29, 1.82) is 0 Å². The Balaban J connectivity index is 1.40. The standard InChI is InChI=1S/C30H32N4O4/c1-22-14-16-24(17-15-22)32-27(35)13-7-8-20-33-29(37)25-11-5-6-12-26(25)34(30(33)38)21-28(36)31-19-18-23-9-3-2-4-10-23/h2-6,9-12,14-17H,7-8,13,18-21H2,1H3,(H,31,36)(H,32,35). The van der Waals surface area contributed by atoms with Gasteiger partial charge in [-0.3, -0.25) is 23.5 Å². The molecule has 0 radical (unpaired) electrons. The average molecular weight is 513 g/mol. The van der Waals surface area contributed by atoms with Crippen LogP contribution in [0.3, 0.4) is 0 Å². The summed E-state index contributed by atoms with van der Waals surface area (Å²) < 4.78 is 2.51. The van der Waals surface area contributed by atoms with Crippen LogP contribution in [0.1, 0.15) is 30.4 Å². The summed E-state index contributed by atoms with van der Waals surface area (Å²) in [6.45, 7) is 2.40. The smallest absolute Gasteiger partial charge is 0.331 e. The summed E-state index contributed by atoms with van der Waals surface area (Å²) in [6.07, 6.45) is 1.93. The Morgan fingerprint density at radius 2 is 1.50 bits per heavy atom. The van der Waals surface area contributed by atoms with Crippen molar-refractivity contribution < 1.29 is 9.59 Å². The number of benzene rings is 3. The molecule has 0 saturated carbocycles. The second-order valence-corrected chi connectivity index (χ2v) is 9.30. The number of amides is 2. The Hall–Kier alpha value is -4.46. The van der Waals surface area contributed by atoms with E-state index in [2.05, 4.69) is 10.6 Å². The van der Waals surface area contributed by atoms with Crippen LogP contribution in [0.15, 0.2) is 88.5 Å². The number of unbranched alkanes of at least 4 members (excludes halogenated alkanes) is 1. The molecule has 0 unspecified atom stereocenters. The predicted octanol–water partition coefficient (Wildman–Crippen LogP) is 3.64. The lowest BCUT2D eigenvalue weighted by Gasteiger charge is -2.14. The van der Waals surface area contributed by atoms with E-state index in [1.54, 1.807) is 24.3 Å². The lowest BCUT2D eigenvalue weighted by molar-refractivity contribution is -0.121. The molecule has 8 heteroatoms. The van der Waals surface area contributed by atoms with Crippen molar-refractivity contribution in [3.05, 3.63) is 111 Å². The molecule has 1 heterocycles. The van der Waals surface area contributed by atoms with Gasteiger partial charge >= 0.3 is 5.69 Å². The highest BCUT2D eigenvalue weighted by molar-refractivity contribution is 5.90. The molecule has 0 spiro atoms. The molecule has 3 aromatic carbocycles. The van der Waals surface area contributed by atoms with E-state index in [1.807, 2.05) is 61.5 Å². The lowest BCUT2D eigenvalue weighted by Crippen LogP contribution is -2.42. The molecule has 0 aliphatic carbocycles. The lowest BCUT2D eigenvalue weighted by atomic mass is 10.1. The molecule has 8 nitrogen and oxygen atoms in total. The highest BCUT2D eigenvalue weighted by Crippen LogP contribution is 2.11. The first-order valence-electron chi connectivity index (χ1n) is 12.8. The molecule has 0 atom stereocenters. The normalized spacial score (nSPS) is 10.9. The van der Waals surface area contributed by atoms with Gasteiger partial charge in [0.15, 0.2) is 0 Å². The van der Waals surface area contributed by atoms with Crippen LogP contribution in [0.5, 0.6) is 0 Å². The van der Waals surface area contributed by atoms with Crippen molar-refractivity contribution in [2.45, 2.75) is 45.7 Å². The van der Waals surface area contributed by atoms with Gasteiger partial charge in [-0.15, -0.1) is 0 Å². The second-order valence-electron chi connectivity index (χ2n) is 9.30. The van der Waals surface area contributed by atoms with E-state index >= 15 is 0 Å². The number of hydrogen-bond acceptors (Lipinski definition) is 4. The summed E-state index contributed by atoms with van der Waals surface area (Å²) in [5.41, 5.74) is 2.45. The SMILES string of the molecule is Cc1ccc(NC(=O)CCCCn2c(=O)c3ccccc3n(CC(=O)NCCc3ccccc3)c2=O)cc1. The number of anilines is 1. The predicted molar refractivity (Wildman–Crippen MR) is 149 cm³/mol. The van der Waals surface area contributed by atoms with Gasteiger partial charge in [0.1, 0.15) is 6.54 Å². The molecule has 0 fully saturated rings. The Labute approximate surface area is 220 Å². The zero-order chi connectivity index (χ0) is 26.9. The minimum absolute atomic E-state index is 0.121. The summed E-state index contributed by atoms with van der Waals surface area (Å²) in [7, 11) is 0. The number of nitrogens with zero attached hydrogens (tertiary/aromatic N) is 2. The number of carbonyl (C=O) groups is 2. The number of hydrogen-bond donors (Lipinski definition) is 2. The Bertz CT molecular complexity index is 1520. The maximum absolute atomic E-state index is 13.3. The number of para-hydroxylation sites is 1. The van der Waals surface area contributed by atoms with Gasteiger partial charge in [0, 0.05) is 25.2 Å². The highest BCUT2D eigenvalue weighted by atomic mass is 16.2. The van der Waals surface area contributed by atoms with Crippen LogP contribution in [0.25, 0.3) is 10.9 Å². The molecule has 0 saturated heterocycles. The third-order valence-corrected chi connectivity index (χ3v) is 6.38. The van der Waals surface area contributed by atoms with Crippen LogP contribution in [-0.2, 0) is 29.1 Å². The van der Waals surface area contributed by atoms with Crippen LogP contribution < -0.4 is 21.9 Å². The first-order chi connectivity index (χ1) is 18.4. The zero-order valence-electron chi connectivity index (χ0n) is 21.5. The quantitative estimate of drug-likeness (QED) is 0.300. The van der Waals surface area contributed by atoms with Crippen molar-refractivity contribution in [3.8, 4) is 0 Å². The first kappa shape index (κ1) is 26.6. The highest BCUT2D eigenvalue weighted by Gasteiger charge is 2.15. The summed E-state index contributed by atoms with van der Waals surface area (Å²) in [5, 5.41) is 6.09. The molecule has 4 aromatic rings. The van der Waals surface area contributed by atoms with Crippen molar-refractivity contribution in [3.63, 3.8) is 0 Å². The maximum atomic E-state index is 13.3. The van der Waals surface area contributed by atoms with Gasteiger partial charge in [-0.2, -0.15) is 0 Å². The Morgan fingerprint density at radius 1 is 0.789 bits per heavy atom. The van der Waals surface area contributed by atoms with Gasteiger partial charge in [-0.25, -0.2) is 4.79 Å². The van der Waals surface area contributed by atoms with E-state index in [9.17, 15) is 19.2 Å². The monoisotopic (exact) mass is 512 g/mol. The minimum Gasteiger partial charge on any atom is -0.354 e. The molecule has 2 amide bonds. The Morgan fingerprint density at radius 3 is 2.26 bits per heavy atom. The number of nitrogens with one attached hydrogen (secondary N) is 2. The van der Waals surface area contributed by atoms with E-state index in [0.29, 0.717) is 36.7 Å². The fourth-order valence-electron chi connectivity index (χ4n) is 4.33. The molecule has 38 heavy (non-hydrogen) atoms. The van der Waals surface area contributed by atoms with E-state index in [0.717, 1.165) is 21.4 Å². The fraction of sp³-hybridized carbons (Fsp3) is 0.267. The van der Waals surface area contributed by atoms with Crippen molar-refractivity contribution in [2.24, 2.45) is 0 Å². The molecule has 0 aliphatic rings.